The van der Waals surface area contributed by atoms with E-state index < -0.39 is 0 Å². The number of nitrogens with zero attached hydrogens (tertiary/aromatic N) is 1. The molecule has 0 aliphatic rings. The highest BCUT2D eigenvalue weighted by Crippen LogP contribution is 2.27. The number of anilines is 1. The van der Waals surface area contributed by atoms with E-state index in [0.29, 0.717) is 29.4 Å². The maximum atomic E-state index is 11.9. The van der Waals surface area contributed by atoms with Crippen LogP contribution in [-0.2, 0) is 9.59 Å². The average Bonchev–Trinajstić information content (AvgIpc) is 2.73. The Labute approximate surface area is 170 Å². The van der Waals surface area contributed by atoms with Crippen LogP contribution in [-0.4, -0.2) is 31.2 Å². The van der Waals surface area contributed by atoms with E-state index in [1.165, 1.54) is 6.21 Å². The van der Waals surface area contributed by atoms with E-state index >= 15 is 0 Å². The minimum absolute atomic E-state index is 0.0269. The van der Waals surface area contributed by atoms with E-state index in [0.717, 1.165) is 0 Å². The number of amides is 2. The largest absolute Gasteiger partial charge is 0.490 e. The van der Waals surface area contributed by atoms with Gasteiger partial charge in [0.15, 0.2) is 11.5 Å². The highest BCUT2D eigenvalue weighted by molar-refractivity contribution is 5.93. The quantitative estimate of drug-likeness (QED) is 0.369. The van der Waals surface area contributed by atoms with Crippen molar-refractivity contribution in [2.45, 2.75) is 19.8 Å². The SMILES string of the molecule is C#CCOc1ccc(C=NNC(=O)CCC(=O)Nc2ccccc2)cc1OCC. The summed E-state index contributed by atoms with van der Waals surface area (Å²) in [5.41, 5.74) is 3.80. The average molecular weight is 393 g/mol. The third-order valence-corrected chi connectivity index (χ3v) is 3.62. The molecule has 0 bridgehead atoms. The van der Waals surface area contributed by atoms with Crippen LogP contribution in [0, 0.1) is 12.3 Å². The first-order valence-corrected chi connectivity index (χ1v) is 9.12. The Morgan fingerprint density at radius 2 is 1.83 bits per heavy atom. The number of nitrogens with one attached hydrogen (secondary N) is 2. The lowest BCUT2D eigenvalue weighted by atomic mass is 10.2. The fourth-order valence-electron chi connectivity index (χ4n) is 2.32. The third-order valence-electron chi connectivity index (χ3n) is 3.62. The maximum Gasteiger partial charge on any atom is 0.240 e. The molecule has 0 aromatic heterocycles. The predicted octanol–water partition coefficient (Wildman–Crippen LogP) is 2.97. The van der Waals surface area contributed by atoms with Crippen molar-refractivity contribution in [1.29, 1.82) is 0 Å². The van der Waals surface area contributed by atoms with Crippen LogP contribution in [0.3, 0.4) is 0 Å². The van der Waals surface area contributed by atoms with Gasteiger partial charge in [0.2, 0.25) is 11.8 Å². The number of benzene rings is 2. The van der Waals surface area contributed by atoms with Gasteiger partial charge >= 0.3 is 0 Å². The molecule has 2 rings (SSSR count). The molecule has 0 unspecified atom stereocenters. The number of carbonyl (C=O) groups is 2. The molecule has 2 amide bonds. The van der Waals surface area contributed by atoms with Crippen molar-refractivity contribution in [2.24, 2.45) is 5.10 Å². The number of hydrazone groups is 1. The zero-order chi connectivity index (χ0) is 20.9. The van der Waals surface area contributed by atoms with Gasteiger partial charge in [0, 0.05) is 18.5 Å². The molecule has 0 radical (unpaired) electrons. The molecule has 7 nitrogen and oxygen atoms in total. The molecule has 0 saturated heterocycles. The van der Waals surface area contributed by atoms with Gasteiger partial charge in [-0.15, -0.1) is 6.42 Å². The number of rotatable bonds is 10. The molecule has 0 fully saturated rings. The van der Waals surface area contributed by atoms with E-state index in [4.69, 9.17) is 15.9 Å². The number of carbonyl (C=O) groups excluding carboxylic acids is 2. The van der Waals surface area contributed by atoms with Crippen LogP contribution < -0.4 is 20.2 Å². The smallest absolute Gasteiger partial charge is 0.240 e. The first kappa shape index (κ1) is 21.5. The molecule has 150 valence electrons. The van der Waals surface area contributed by atoms with Gasteiger partial charge in [0.1, 0.15) is 6.61 Å². The minimum atomic E-state index is -0.358. The van der Waals surface area contributed by atoms with Crippen molar-refractivity contribution in [3.05, 3.63) is 54.1 Å². The van der Waals surface area contributed by atoms with Crippen LogP contribution in [0.25, 0.3) is 0 Å². The molecule has 2 aromatic carbocycles. The summed E-state index contributed by atoms with van der Waals surface area (Å²) < 4.78 is 10.9. The molecule has 29 heavy (non-hydrogen) atoms. The lowest BCUT2D eigenvalue weighted by molar-refractivity contribution is -0.124. The molecular formula is C22H23N3O4. The molecule has 2 N–H and O–H groups in total. The van der Waals surface area contributed by atoms with Crippen molar-refractivity contribution < 1.29 is 19.1 Å². The minimum Gasteiger partial charge on any atom is -0.490 e. The molecule has 0 atom stereocenters. The third kappa shape index (κ3) is 7.77. The van der Waals surface area contributed by atoms with Gasteiger partial charge in [-0.1, -0.05) is 24.1 Å². The normalized spacial score (nSPS) is 10.2. The summed E-state index contributed by atoms with van der Waals surface area (Å²) in [5.74, 6) is 2.88. The van der Waals surface area contributed by atoms with E-state index in [1.807, 2.05) is 25.1 Å². The molecule has 0 spiro atoms. The van der Waals surface area contributed by atoms with Gasteiger partial charge in [-0.05, 0) is 42.8 Å². The predicted molar refractivity (Wildman–Crippen MR) is 112 cm³/mol. The van der Waals surface area contributed by atoms with Crippen molar-refractivity contribution in [3.63, 3.8) is 0 Å². The van der Waals surface area contributed by atoms with E-state index in [9.17, 15) is 9.59 Å². The lowest BCUT2D eigenvalue weighted by Crippen LogP contribution is -2.20. The highest BCUT2D eigenvalue weighted by Gasteiger charge is 2.07. The summed E-state index contributed by atoms with van der Waals surface area (Å²) >= 11 is 0. The van der Waals surface area contributed by atoms with Crippen molar-refractivity contribution in [2.75, 3.05) is 18.5 Å². The van der Waals surface area contributed by atoms with E-state index in [1.54, 1.807) is 30.3 Å². The summed E-state index contributed by atoms with van der Waals surface area (Å²) in [4.78, 5) is 23.7. The molecular weight excluding hydrogens is 370 g/mol. The van der Waals surface area contributed by atoms with Gasteiger partial charge in [-0.2, -0.15) is 5.10 Å². The first-order valence-electron chi connectivity index (χ1n) is 9.12. The van der Waals surface area contributed by atoms with Crippen LogP contribution in [0.4, 0.5) is 5.69 Å². The second-order valence-corrected chi connectivity index (χ2v) is 5.84. The summed E-state index contributed by atoms with van der Waals surface area (Å²) in [6.45, 7) is 2.47. The van der Waals surface area contributed by atoms with Crippen molar-refractivity contribution in [1.82, 2.24) is 5.43 Å². The second kappa shape index (κ2) is 11.8. The lowest BCUT2D eigenvalue weighted by Gasteiger charge is -2.10. The van der Waals surface area contributed by atoms with Crippen molar-refractivity contribution in [3.8, 4) is 23.8 Å². The van der Waals surface area contributed by atoms with Crippen LogP contribution in [0.15, 0.2) is 53.6 Å². The molecule has 2 aromatic rings. The monoisotopic (exact) mass is 393 g/mol. The molecule has 0 saturated carbocycles. The summed E-state index contributed by atoms with van der Waals surface area (Å²) in [6, 6.07) is 14.3. The Morgan fingerprint density at radius 1 is 1.07 bits per heavy atom. The number of hydrogen-bond acceptors (Lipinski definition) is 5. The Kier molecular flexibility index (Phi) is 8.77. The van der Waals surface area contributed by atoms with Gasteiger partial charge < -0.3 is 14.8 Å². The summed E-state index contributed by atoms with van der Waals surface area (Å²) in [7, 11) is 0. The molecule has 7 heteroatoms. The highest BCUT2D eigenvalue weighted by atomic mass is 16.5. The second-order valence-electron chi connectivity index (χ2n) is 5.84. The number of ether oxygens (including phenoxy) is 2. The summed E-state index contributed by atoms with van der Waals surface area (Å²) in [5, 5.41) is 6.63. The zero-order valence-electron chi connectivity index (χ0n) is 16.2. The summed E-state index contributed by atoms with van der Waals surface area (Å²) in [6.07, 6.45) is 6.77. The molecule has 0 aliphatic heterocycles. The Morgan fingerprint density at radius 3 is 2.55 bits per heavy atom. The van der Waals surface area contributed by atoms with Crippen LogP contribution in [0.5, 0.6) is 11.5 Å². The number of hydrogen-bond donors (Lipinski definition) is 2. The van der Waals surface area contributed by atoms with Crippen molar-refractivity contribution >= 4 is 23.7 Å². The maximum absolute atomic E-state index is 11.9. The standard InChI is InChI=1S/C22H23N3O4/c1-3-14-29-19-11-10-17(15-20(19)28-4-2)16-23-25-22(27)13-12-21(26)24-18-8-6-5-7-9-18/h1,5-11,15-16H,4,12-14H2,2H3,(H,24,26)(H,25,27). The van der Waals surface area contributed by atoms with Crippen LogP contribution in [0.2, 0.25) is 0 Å². The van der Waals surface area contributed by atoms with Gasteiger partial charge in [0.25, 0.3) is 0 Å². The number of terminal acetylenes is 1. The van der Waals surface area contributed by atoms with Gasteiger partial charge in [-0.3, -0.25) is 9.59 Å². The van der Waals surface area contributed by atoms with Crippen LogP contribution in [0.1, 0.15) is 25.3 Å². The van der Waals surface area contributed by atoms with Gasteiger partial charge in [-0.25, -0.2) is 5.43 Å². The topological polar surface area (TPSA) is 89.0 Å². The fourth-order valence-corrected chi connectivity index (χ4v) is 2.32. The molecule has 0 heterocycles. The van der Waals surface area contributed by atoms with Crippen LogP contribution >= 0.6 is 0 Å². The van der Waals surface area contributed by atoms with E-state index in [-0.39, 0.29) is 31.3 Å². The van der Waals surface area contributed by atoms with E-state index in [2.05, 4.69) is 21.8 Å². The Bertz CT molecular complexity index is 889. The Balaban J connectivity index is 1.82. The molecule has 0 aliphatic carbocycles. The van der Waals surface area contributed by atoms with Gasteiger partial charge in [0.05, 0.1) is 12.8 Å². The first-order chi connectivity index (χ1) is 14.1. The Hall–Kier alpha value is -3.79. The zero-order valence-corrected chi connectivity index (χ0v) is 16.2. The fraction of sp³-hybridized carbons (Fsp3) is 0.227. The number of para-hydroxylation sites is 1.